The molecule has 0 aliphatic rings. The van der Waals surface area contributed by atoms with Crippen LogP contribution in [0.2, 0.25) is 0 Å². The van der Waals surface area contributed by atoms with Gasteiger partial charge in [-0.25, -0.2) is 9.55 Å². The van der Waals surface area contributed by atoms with Crippen molar-refractivity contribution in [2.45, 2.75) is 6.92 Å². The fourth-order valence-electron chi connectivity index (χ4n) is 2.20. The van der Waals surface area contributed by atoms with Crippen LogP contribution in [0.4, 0.5) is 5.95 Å². The predicted molar refractivity (Wildman–Crippen MR) is 97.5 cm³/mol. The number of anilines is 1. The molecule has 0 aliphatic carbocycles. The van der Waals surface area contributed by atoms with E-state index in [1.54, 1.807) is 12.1 Å². The van der Waals surface area contributed by atoms with Crippen molar-refractivity contribution in [1.82, 2.24) is 15.0 Å². The highest BCUT2D eigenvalue weighted by Crippen LogP contribution is 2.17. The lowest BCUT2D eigenvalue weighted by Gasteiger charge is -2.15. The van der Waals surface area contributed by atoms with Crippen LogP contribution in [-0.4, -0.2) is 15.5 Å². The number of hydrazine groups is 1. The number of amides is 1. The monoisotopic (exact) mass is 420 g/mol. The smallest absolute Gasteiger partial charge is 0.267 e. The molecule has 0 spiro atoms. The number of hydrogen-bond donors (Lipinski definition) is 2. The van der Waals surface area contributed by atoms with E-state index in [1.165, 1.54) is 11.5 Å². The molecule has 0 unspecified atom stereocenters. The SMILES string of the molecule is CC(=O)NNc1nc2ccc(I)cc2c(=O)n1-c1ccccc1. The van der Waals surface area contributed by atoms with Crippen molar-refractivity contribution in [2.75, 3.05) is 5.43 Å². The first-order valence-electron chi connectivity index (χ1n) is 6.86. The van der Waals surface area contributed by atoms with Gasteiger partial charge >= 0.3 is 0 Å². The third kappa shape index (κ3) is 3.19. The van der Waals surface area contributed by atoms with Crippen LogP contribution in [0.15, 0.2) is 53.3 Å². The molecule has 23 heavy (non-hydrogen) atoms. The molecule has 0 fully saturated rings. The summed E-state index contributed by atoms with van der Waals surface area (Å²) in [6.45, 7) is 1.38. The molecular weight excluding hydrogens is 407 g/mol. The molecule has 1 amide bonds. The summed E-state index contributed by atoms with van der Waals surface area (Å²) < 4.78 is 2.39. The van der Waals surface area contributed by atoms with Gasteiger partial charge in [-0.1, -0.05) is 18.2 Å². The summed E-state index contributed by atoms with van der Waals surface area (Å²) in [5.41, 5.74) is 6.20. The first-order chi connectivity index (χ1) is 11.1. The number of nitrogens with zero attached hydrogens (tertiary/aromatic N) is 2. The van der Waals surface area contributed by atoms with Crippen LogP contribution in [0.25, 0.3) is 16.6 Å². The van der Waals surface area contributed by atoms with Crippen LogP contribution in [-0.2, 0) is 4.79 Å². The molecule has 2 aromatic carbocycles. The molecule has 0 saturated carbocycles. The third-order valence-corrected chi connectivity index (χ3v) is 3.87. The first kappa shape index (κ1) is 15.5. The minimum absolute atomic E-state index is 0.201. The predicted octanol–water partition coefficient (Wildman–Crippen LogP) is 2.45. The molecule has 3 rings (SSSR count). The number of fused-ring (bicyclic) bond motifs is 1. The van der Waals surface area contributed by atoms with Crippen LogP contribution in [0.3, 0.4) is 0 Å². The second-order valence-corrected chi connectivity index (χ2v) is 6.12. The average molecular weight is 420 g/mol. The molecule has 0 aliphatic heterocycles. The Labute approximate surface area is 145 Å². The van der Waals surface area contributed by atoms with E-state index >= 15 is 0 Å². The van der Waals surface area contributed by atoms with Gasteiger partial charge in [0.2, 0.25) is 11.9 Å². The highest BCUT2D eigenvalue weighted by atomic mass is 127. The minimum atomic E-state index is -0.276. The second-order valence-electron chi connectivity index (χ2n) is 4.88. The van der Waals surface area contributed by atoms with E-state index in [4.69, 9.17) is 0 Å². The fourth-order valence-corrected chi connectivity index (χ4v) is 2.69. The van der Waals surface area contributed by atoms with Crippen molar-refractivity contribution in [3.8, 4) is 5.69 Å². The van der Waals surface area contributed by atoms with Crippen LogP contribution in [0.5, 0.6) is 0 Å². The Morgan fingerprint density at radius 2 is 1.91 bits per heavy atom. The lowest BCUT2D eigenvalue weighted by molar-refractivity contribution is -0.118. The van der Waals surface area contributed by atoms with Gasteiger partial charge in [-0.15, -0.1) is 0 Å². The van der Waals surface area contributed by atoms with Gasteiger partial charge in [-0.3, -0.25) is 20.4 Å². The van der Waals surface area contributed by atoms with Crippen molar-refractivity contribution < 1.29 is 4.79 Å². The number of benzene rings is 2. The summed E-state index contributed by atoms with van der Waals surface area (Å²) in [4.78, 5) is 28.5. The molecule has 3 aromatic rings. The summed E-state index contributed by atoms with van der Waals surface area (Å²) in [6, 6.07) is 14.6. The van der Waals surface area contributed by atoms with Gasteiger partial charge in [0.05, 0.1) is 16.6 Å². The van der Waals surface area contributed by atoms with E-state index in [9.17, 15) is 9.59 Å². The summed E-state index contributed by atoms with van der Waals surface area (Å²) in [5, 5.41) is 0.522. The van der Waals surface area contributed by atoms with E-state index < -0.39 is 0 Å². The Balaban J connectivity index is 2.28. The maximum absolute atomic E-state index is 12.9. The maximum Gasteiger partial charge on any atom is 0.267 e. The molecule has 0 atom stereocenters. The zero-order chi connectivity index (χ0) is 16.4. The summed E-state index contributed by atoms with van der Waals surface area (Å²) in [7, 11) is 0. The largest absolute Gasteiger partial charge is 0.274 e. The van der Waals surface area contributed by atoms with Gasteiger partial charge in [0.1, 0.15) is 0 Å². The molecule has 0 radical (unpaired) electrons. The van der Waals surface area contributed by atoms with E-state index in [0.29, 0.717) is 16.6 Å². The number of aromatic nitrogens is 2. The van der Waals surface area contributed by atoms with E-state index in [0.717, 1.165) is 3.57 Å². The Hall–Kier alpha value is -2.42. The number of hydrogen-bond acceptors (Lipinski definition) is 4. The standard InChI is InChI=1S/C16H13IN4O2/c1-10(22)19-20-16-18-14-8-7-11(17)9-13(14)15(23)21(16)12-5-3-2-4-6-12/h2-9H,1H3,(H,18,20)(H,19,22). The van der Waals surface area contributed by atoms with Crippen molar-refractivity contribution in [3.05, 3.63) is 62.5 Å². The van der Waals surface area contributed by atoms with Crippen LogP contribution in [0.1, 0.15) is 6.92 Å². The maximum atomic E-state index is 12.9. The Morgan fingerprint density at radius 1 is 1.17 bits per heavy atom. The lowest BCUT2D eigenvalue weighted by atomic mass is 10.2. The van der Waals surface area contributed by atoms with Crippen LogP contribution < -0.4 is 16.4 Å². The van der Waals surface area contributed by atoms with Crippen LogP contribution >= 0.6 is 22.6 Å². The van der Waals surface area contributed by atoms with Gasteiger partial charge in [0, 0.05) is 10.5 Å². The molecule has 0 saturated heterocycles. The van der Waals surface area contributed by atoms with Gasteiger partial charge in [-0.05, 0) is 52.9 Å². The topological polar surface area (TPSA) is 76.0 Å². The zero-order valence-electron chi connectivity index (χ0n) is 12.2. The van der Waals surface area contributed by atoms with Crippen molar-refractivity contribution in [2.24, 2.45) is 0 Å². The number of carbonyl (C=O) groups is 1. The fraction of sp³-hybridized carbons (Fsp3) is 0.0625. The normalized spacial score (nSPS) is 10.5. The third-order valence-electron chi connectivity index (χ3n) is 3.19. The molecule has 7 heteroatoms. The van der Waals surface area contributed by atoms with Crippen molar-refractivity contribution >= 4 is 45.3 Å². The van der Waals surface area contributed by atoms with Gasteiger partial charge in [0.25, 0.3) is 5.56 Å². The first-order valence-corrected chi connectivity index (χ1v) is 7.94. The van der Waals surface area contributed by atoms with E-state index in [-0.39, 0.29) is 17.4 Å². The number of nitrogens with one attached hydrogen (secondary N) is 2. The van der Waals surface area contributed by atoms with Gasteiger partial charge < -0.3 is 0 Å². The Morgan fingerprint density at radius 3 is 2.61 bits per heavy atom. The minimum Gasteiger partial charge on any atom is -0.274 e. The number of rotatable bonds is 3. The summed E-state index contributed by atoms with van der Waals surface area (Å²) in [6.07, 6.45) is 0. The molecule has 2 N–H and O–H groups in total. The van der Waals surface area contributed by atoms with Gasteiger partial charge in [-0.2, -0.15) is 0 Å². The second kappa shape index (κ2) is 6.37. The average Bonchev–Trinajstić information content (AvgIpc) is 2.54. The van der Waals surface area contributed by atoms with Crippen LogP contribution in [0, 0.1) is 3.57 Å². The molecular formula is C16H13IN4O2. The van der Waals surface area contributed by atoms with E-state index in [2.05, 4.69) is 38.4 Å². The highest BCUT2D eigenvalue weighted by Gasteiger charge is 2.13. The molecule has 6 nitrogen and oxygen atoms in total. The summed E-state index contributed by atoms with van der Waals surface area (Å²) >= 11 is 2.16. The molecule has 0 bridgehead atoms. The molecule has 1 heterocycles. The lowest BCUT2D eigenvalue weighted by Crippen LogP contribution is -2.32. The molecule has 116 valence electrons. The number of halogens is 1. The summed E-state index contributed by atoms with van der Waals surface area (Å²) in [5.74, 6) is -0.0216. The number of carbonyl (C=O) groups excluding carboxylic acids is 1. The molecule has 1 aromatic heterocycles. The van der Waals surface area contributed by atoms with Gasteiger partial charge in [0.15, 0.2) is 0 Å². The Kier molecular flexibility index (Phi) is 4.28. The Bertz CT molecular complexity index is 938. The number of para-hydroxylation sites is 1. The highest BCUT2D eigenvalue weighted by molar-refractivity contribution is 14.1. The van der Waals surface area contributed by atoms with E-state index in [1.807, 2.05) is 36.4 Å². The van der Waals surface area contributed by atoms with Crippen molar-refractivity contribution in [3.63, 3.8) is 0 Å². The van der Waals surface area contributed by atoms with Crippen molar-refractivity contribution in [1.29, 1.82) is 0 Å². The zero-order valence-corrected chi connectivity index (χ0v) is 14.4. The quantitative estimate of drug-likeness (QED) is 0.504.